The quantitative estimate of drug-likeness (QED) is 0.756. The zero-order valence-electron chi connectivity index (χ0n) is 8.40. The second kappa shape index (κ2) is 3.69. The number of hydrogen-bond acceptors (Lipinski definition) is 3. The molecule has 0 fully saturated rings. The van der Waals surface area contributed by atoms with Crippen LogP contribution in [0.15, 0.2) is 35.5 Å². The summed E-state index contributed by atoms with van der Waals surface area (Å²) in [5.74, 6) is -0.0641. The summed E-state index contributed by atoms with van der Waals surface area (Å²) in [6.45, 7) is 2.04. The fourth-order valence-corrected chi connectivity index (χ4v) is 1.66. The third-order valence-corrected chi connectivity index (χ3v) is 2.54. The molecule has 2 aromatic rings. The highest BCUT2D eigenvalue weighted by Crippen LogP contribution is 2.35. The third kappa shape index (κ3) is 1.56. The Morgan fingerprint density at radius 1 is 1.27 bits per heavy atom. The summed E-state index contributed by atoms with van der Waals surface area (Å²) < 4.78 is 0. The number of benzene rings is 2. The van der Waals surface area contributed by atoms with Gasteiger partial charge in [-0.3, -0.25) is 0 Å². The molecule has 2 rings (SSSR count). The molecule has 3 heteroatoms. The van der Waals surface area contributed by atoms with Crippen molar-refractivity contribution in [3.8, 4) is 5.75 Å². The molecule has 0 heterocycles. The lowest BCUT2D eigenvalue weighted by atomic mass is 10.0. The van der Waals surface area contributed by atoms with Gasteiger partial charge >= 0.3 is 0 Å². The smallest absolute Gasteiger partial charge is 0.157 e. The predicted molar refractivity (Wildman–Crippen MR) is 60.4 cm³/mol. The molecule has 3 nitrogen and oxygen atoms in total. The average molecular weight is 201 g/mol. The minimum Gasteiger partial charge on any atom is -0.506 e. The molecule has 2 aromatic carbocycles. The van der Waals surface area contributed by atoms with E-state index in [1.807, 2.05) is 25.1 Å². The van der Waals surface area contributed by atoms with Gasteiger partial charge in [0, 0.05) is 5.39 Å². The van der Waals surface area contributed by atoms with Gasteiger partial charge in [-0.25, -0.2) is 0 Å². The molecule has 0 amide bonds. The SMILES string of the molecule is CCc1ccc2ccc(O)c(N=O)c2c1. The van der Waals surface area contributed by atoms with Crippen LogP contribution in [0.3, 0.4) is 0 Å². The molecule has 0 aliphatic heterocycles. The van der Waals surface area contributed by atoms with E-state index in [2.05, 4.69) is 5.18 Å². The number of fused-ring (bicyclic) bond motifs is 1. The van der Waals surface area contributed by atoms with E-state index in [1.54, 1.807) is 6.07 Å². The van der Waals surface area contributed by atoms with Crippen molar-refractivity contribution in [3.63, 3.8) is 0 Å². The molecular formula is C12H11NO2. The number of aromatic hydroxyl groups is 1. The van der Waals surface area contributed by atoms with E-state index in [0.29, 0.717) is 5.39 Å². The van der Waals surface area contributed by atoms with Gasteiger partial charge in [0.15, 0.2) is 5.69 Å². The van der Waals surface area contributed by atoms with Crippen LogP contribution >= 0.6 is 0 Å². The first-order valence-electron chi connectivity index (χ1n) is 4.84. The highest BCUT2D eigenvalue weighted by Gasteiger charge is 2.07. The van der Waals surface area contributed by atoms with Crippen LogP contribution in [0, 0.1) is 4.91 Å². The van der Waals surface area contributed by atoms with Crippen LogP contribution in [-0.4, -0.2) is 5.11 Å². The Morgan fingerprint density at radius 2 is 2.00 bits per heavy atom. The zero-order chi connectivity index (χ0) is 10.8. The number of aryl methyl sites for hydroxylation is 1. The fourth-order valence-electron chi connectivity index (χ4n) is 1.66. The van der Waals surface area contributed by atoms with Crippen LogP contribution in [-0.2, 0) is 6.42 Å². The zero-order valence-corrected chi connectivity index (χ0v) is 8.40. The molecule has 0 saturated carbocycles. The molecule has 0 bridgehead atoms. The summed E-state index contributed by atoms with van der Waals surface area (Å²) >= 11 is 0. The summed E-state index contributed by atoms with van der Waals surface area (Å²) in [6, 6.07) is 9.10. The molecule has 76 valence electrons. The Labute approximate surface area is 87.3 Å². The summed E-state index contributed by atoms with van der Waals surface area (Å²) in [5, 5.41) is 14.0. The van der Waals surface area contributed by atoms with Gasteiger partial charge in [0.05, 0.1) is 0 Å². The van der Waals surface area contributed by atoms with E-state index in [1.165, 1.54) is 6.07 Å². The first kappa shape index (κ1) is 9.65. The van der Waals surface area contributed by atoms with Crippen molar-refractivity contribution in [2.75, 3.05) is 0 Å². The number of phenols is 1. The molecule has 0 atom stereocenters. The third-order valence-electron chi connectivity index (χ3n) is 2.54. The van der Waals surface area contributed by atoms with E-state index in [4.69, 9.17) is 0 Å². The molecule has 0 saturated heterocycles. The summed E-state index contributed by atoms with van der Waals surface area (Å²) in [4.78, 5) is 10.6. The molecule has 0 spiro atoms. The molecule has 15 heavy (non-hydrogen) atoms. The highest BCUT2D eigenvalue weighted by atomic mass is 16.3. The number of rotatable bonds is 2. The van der Waals surface area contributed by atoms with Crippen LogP contribution in [0.1, 0.15) is 12.5 Å². The minimum atomic E-state index is -0.0641. The van der Waals surface area contributed by atoms with E-state index in [0.717, 1.165) is 17.4 Å². The predicted octanol–water partition coefficient (Wildman–Crippen LogP) is 3.51. The lowest BCUT2D eigenvalue weighted by Gasteiger charge is -2.04. The maximum Gasteiger partial charge on any atom is 0.157 e. The number of nitroso groups, excluding NO2 is 1. The number of hydrogen-bond donors (Lipinski definition) is 1. The lowest BCUT2D eigenvalue weighted by molar-refractivity contribution is 0.477. The number of phenolic OH excluding ortho intramolecular Hbond substituents is 1. The van der Waals surface area contributed by atoms with Crippen LogP contribution < -0.4 is 0 Å². The van der Waals surface area contributed by atoms with E-state index in [-0.39, 0.29) is 11.4 Å². The van der Waals surface area contributed by atoms with Crippen LogP contribution in [0.5, 0.6) is 5.75 Å². The second-order valence-electron chi connectivity index (χ2n) is 3.43. The Hall–Kier alpha value is -1.90. The molecule has 0 aliphatic rings. The molecule has 1 N–H and O–H groups in total. The van der Waals surface area contributed by atoms with Crippen molar-refractivity contribution in [3.05, 3.63) is 40.8 Å². The van der Waals surface area contributed by atoms with Crippen molar-refractivity contribution < 1.29 is 5.11 Å². The summed E-state index contributed by atoms with van der Waals surface area (Å²) in [7, 11) is 0. The van der Waals surface area contributed by atoms with Crippen molar-refractivity contribution in [1.29, 1.82) is 0 Å². The molecule has 0 aliphatic carbocycles. The van der Waals surface area contributed by atoms with E-state index >= 15 is 0 Å². The van der Waals surface area contributed by atoms with Gasteiger partial charge in [0.25, 0.3) is 0 Å². The Balaban J connectivity index is 2.81. The normalized spacial score (nSPS) is 10.5. The van der Waals surface area contributed by atoms with Crippen LogP contribution in [0.25, 0.3) is 10.8 Å². The summed E-state index contributed by atoms with van der Waals surface area (Å²) in [6.07, 6.45) is 0.893. The Morgan fingerprint density at radius 3 is 2.67 bits per heavy atom. The topological polar surface area (TPSA) is 49.7 Å². The lowest BCUT2D eigenvalue weighted by Crippen LogP contribution is -1.81. The van der Waals surface area contributed by atoms with Gasteiger partial charge in [-0.15, -0.1) is 4.91 Å². The fraction of sp³-hybridized carbons (Fsp3) is 0.167. The highest BCUT2D eigenvalue weighted by molar-refractivity contribution is 5.95. The van der Waals surface area contributed by atoms with Gasteiger partial charge in [0.1, 0.15) is 5.75 Å². The first-order chi connectivity index (χ1) is 7.26. The van der Waals surface area contributed by atoms with Gasteiger partial charge in [-0.05, 0) is 34.7 Å². The maximum absolute atomic E-state index is 10.6. The van der Waals surface area contributed by atoms with Crippen molar-refractivity contribution in [1.82, 2.24) is 0 Å². The molecular weight excluding hydrogens is 190 g/mol. The van der Waals surface area contributed by atoms with Crippen molar-refractivity contribution >= 4 is 16.5 Å². The summed E-state index contributed by atoms with van der Waals surface area (Å²) in [5.41, 5.74) is 1.25. The Kier molecular flexibility index (Phi) is 2.37. The van der Waals surface area contributed by atoms with Gasteiger partial charge in [-0.2, -0.15) is 0 Å². The van der Waals surface area contributed by atoms with Crippen molar-refractivity contribution in [2.24, 2.45) is 5.18 Å². The Bertz CT molecular complexity index is 520. The van der Waals surface area contributed by atoms with Crippen molar-refractivity contribution in [2.45, 2.75) is 13.3 Å². The minimum absolute atomic E-state index is 0.0641. The molecule has 0 aromatic heterocycles. The van der Waals surface area contributed by atoms with E-state index < -0.39 is 0 Å². The van der Waals surface area contributed by atoms with Crippen LogP contribution in [0.2, 0.25) is 0 Å². The average Bonchev–Trinajstić information content (AvgIpc) is 2.28. The van der Waals surface area contributed by atoms with Gasteiger partial charge in [-0.1, -0.05) is 25.1 Å². The maximum atomic E-state index is 10.6. The van der Waals surface area contributed by atoms with Gasteiger partial charge < -0.3 is 5.11 Å². The molecule has 0 radical (unpaired) electrons. The monoisotopic (exact) mass is 201 g/mol. The van der Waals surface area contributed by atoms with Crippen LogP contribution in [0.4, 0.5) is 5.69 Å². The standard InChI is InChI=1S/C12H11NO2/c1-2-8-3-4-9-5-6-11(14)12(13-15)10(9)7-8/h3-7,14H,2H2,1H3. The molecule has 0 unspecified atom stereocenters. The number of nitrogens with zero attached hydrogens (tertiary/aromatic N) is 1. The first-order valence-corrected chi connectivity index (χ1v) is 4.84. The van der Waals surface area contributed by atoms with E-state index in [9.17, 15) is 10.0 Å². The second-order valence-corrected chi connectivity index (χ2v) is 3.43. The van der Waals surface area contributed by atoms with Gasteiger partial charge in [0.2, 0.25) is 0 Å². The largest absolute Gasteiger partial charge is 0.506 e.